The Labute approximate surface area is 131 Å². The Hall–Kier alpha value is -2.73. The highest BCUT2D eigenvalue weighted by Crippen LogP contribution is 2.24. The molecule has 0 saturated carbocycles. The van der Waals surface area contributed by atoms with Crippen molar-refractivity contribution in [1.29, 1.82) is 0 Å². The van der Waals surface area contributed by atoms with Gasteiger partial charge in [-0.3, -0.25) is 14.9 Å². The average Bonchev–Trinajstić information content (AvgIpc) is 2.47. The van der Waals surface area contributed by atoms with Crippen molar-refractivity contribution in [2.24, 2.45) is 5.10 Å². The van der Waals surface area contributed by atoms with E-state index in [1.54, 1.807) is 0 Å². The molecular weight excluding hydrogens is 306 g/mol. The molecule has 0 aliphatic rings. The van der Waals surface area contributed by atoms with Gasteiger partial charge in [-0.1, -0.05) is 41.4 Å². The van der Waals surface area contributed by atoms with Crippen LogP contribution in [0.3, 0.4) is 0 Å². The molecule has 0 spiro atoms. The molecule has 0 radical (unpaired) electrons. The lowest BCUT2D eigenvalue weighted by Crippen LogP contribution is -2.17. The van der Waals surface area contributed by atoms with E-state index in [9.17, 15) is 14.9 Å². The SMILES string of the molecule is Cc1cccc(/C=N\NC(=O)c2ccc(Cl)c([N+](=O)[O-])c2)c1. The van der Waals surface area contributed by atoms with Crippen LogP contribution in [-0.2, 0) is 0 Å². The third kappa shape index (κ3) is 3.89. The van der Waals surface area contributed by atoms with Crippen LogP contribution in [0.2, 0.25) is 5.02 Å². The second-order valence-corrected chi connectivity index (χ2v) is 4.94. The minimum absolute atomic E-state index is 0.0233. The number of hydrogen-bond donors (Lipinski definition) is 1. The van der Waals surface area contributed by atoms with Gasteiger partial charge in [0.1, 0.15) is 5.02 Å². The molecule has 6 nitrogen and oxygen atoms in total. The maximum Gasteiger partial charge on any atom is 0.288 e. The van der Waals surface area contributed by atoms with E-state index >= 15 is 0 Å². The summed E-state index contributed by atoms with van der Waals surface area (Å²) >= 11 is 5.69. The molecule has 0 fully saturated rings. The van der Waals surface area contributed by atoms with Crippen LogP contribution >= 0.6 is 11.6 Å². The molecule has 0 heterocycles. The summed E-state index contributed by atoms with van der Waals surface area (Å²) in [7, 11) is 0. The van der Waals surface area contributed by atoms with E-state index in [2.05, 4.69) is 10.5 Å². The molecule has 22 heavy (non-hydrogen) atoms. The number of nitrogens with zero attached hydrogens (tertiary/aromatic N) is 2. The molecule has 0 saturated heterocycles. The van der Waals surface area contributed by atoms with Crippen LogP contribution < -0.4 is 5.43 Å². The largest absolute Gasteiger partial charge is 0.288 e. The maximum absolute atomic E-state index is 11.9. The van der Waals surface area contributed by atoms with Crippen LogP contribution in [0.1, 0.15) is 21.5 Å². The molecule has 0 aliphatic heterocycles. The summed E-state index contributed by atoms with van der Waals surface area (Å²) in [6, 6.07) is 11.4. The van der Waals surface area contributed by atoms with Gasteiger partial charge in [0.25, 0.3) is 11.6 Å². The first kappa shape index (κ1) is 15.7. The average molecular weight is 318 g/mol. The Bertz CT molecular complexity index is 759. The van der Waals surface area contributed by atoms with Crippen molar-refractivity contribution in [3.05, 3.63) is 74.3 Å². The fourth-order valence-corrected chi connectivity index (χ4v) is 1.96. The molecule has 0 atom stereocenters. The Morgan fingerprint density at radius 3 is 2.77 bits per heavy atom. The number of hydrazone groups is 1. The van der Waals surface area contributed by atoms with Crippen LogP contribution in [0.4, 0.5) is 5.69 Å². The Morgan fingerprint density at radius 2 is 2.09 bits per heavy atom. The molecule has 2 aromatic rings. The summed E-state index contributed by atoms with van der Waals surface area (Å²) in [5.41, 5.74) is 4.01. The highest BCUT2D eigenvalue weighted by molar-refractivity contribution is 6.32. The first-order valence-corrected chi connectivity index (χ1v) is 6.69. The fourth-order valence-electron chi connectivity index (χ4n) is 1.77. The number of amides is 1. The summed E-state index contributed by atoms with van der Waals surface area (Å²) < 4.78 is 0. The van der Waals surface area contributed by atoms with E-state index in [0.29, 0.717) is 0 Å². The number of benzene rings is 2. The number of nitro groups is 1. The van der Waals surface area contributed by atoms with E-state index in [4.69, 9.17) is 11.6 Å². The highest BCUT2D eigenvalue weighted by Gasteiger charge is 2.15. The summed E-state index contributed by atoms with van der Waals surface area (Å²) in [6.07, 6.45) is 1.50. The molecule has 0 aromatic heterocycles. The van der Waals surface area contributed by atoms with Crippen molar-refractivity contribution in [2.45, 2.75) is 6.92 Å². The van der Waals surface area contributed by atoms with Gasteiger partial charge in [0.05, 0.1) is 11.1 Å². The number of nitro benzene ring substituents is 1. The number of halogens is 1. The van der Waals surface area contributed by atoms with Gasteiger partial charge in [-0.2, -0.15) is 5.10 Å². The van der Waals surface area contributed by atoms with Crippen LogP contribution in [-0.4, -0.2) is 17.0 Å². The molecule has 1 N–H and O–H groups in total. The zero-order valence-electron chi connectivity index (χ0n) is 11.6. The second kappa shape index (κ2) is 6.82. The lowest BCUT2D eigenvalue weighted by Gasteiger charge is -2.01. The van der Waals surface area contributed by atoms with Gasteiger partial charge >= 0.3 is 0 Å². The molecule has 2 aromatic carbocycles. The van der Waals surface area contributed by atoms with Crippen molar-refractivity contribution in [3.8, 4) is 0 Å². The maximum atomic E-state index is 11.9. The number of nitrogens with one attached hydrogen (secondary N) is 1. The summed E-state index contributed by atoms with van der Waals surface area (Å²) in [4.78, 5) is 22.0. The van der Waals surface area contributed by atoms with Crippen molar-refractivity contribution in [2.75, 3.05) is 0 Å². The summed E-state index contributed by atoms with van der Waals surface area (Å²) in [6.45, 7) is 1.95. The summed E-state index contributed by atoms with van der Waals surface area (Å²) in [5.74, 6) is -0.552. The van der Waals surface area contributed by atoms with E-state index in [-0.39, 0.29) is 16.3 Å². The topological polar surface area (TPSA) is 84.6 Å². The molecule has 0 bridgehead atoms. The third-order valence-electron chi connectivity index (χ3n) is 2.83. The molecule has 2 rings (SSSR count). The lowest BCUT2D eigenvalue weighted by molar-refractivity contribution is -0.384. The van der Waals surface area contributed by atoms with E-state index in [0.717, 1.165) is 17.2 Å². The number of aryl methyl sites for hydroxylation is 1. The van der Waals surface area contributed by atoms with Gasteiger partial charge in [0.15, 0.2) is 0 Å². The fraction of sp³-hybridized carbons (Fsp3) is 0.0667. The van der Waals surface area contributed by atoms with Gasteiger partial charge in [0.2, 0.25) is 0 Å². The molecule has 0 unspecified atom stereocenters. The molecular formula is C15H12ClN3O3. The Morgan fingerprint density at radius 1 is 1.32 bits per heavy atom. The zero-order valence-corrected chi connectivity index (χ0v) is 12.4. The smallest absolute Gasteiger partial charge is 0.267 e. The number of hydrogen-bond acceptors (Lipinski definition) is 4. The van der Waals surface area contributed by atoms with Gasteiger partial charge in [0, 0.05) is 11.6 Å². The molecule has 0 aliphatic carbocycles. The van der Waals surface area contributed by atoms with Crippen LogP contribution in [0.5, 0.6) is 0 Å². The lowest BCUT2D eigenvalue weighted by atomic mass is 10.2. The second-order valence-electron chi connectivity index (χ2n) is 4.54. The predicted molar refractivity (Wildman–Crippen MR) is 84.3 cm³/mol. The Balaban J connectivity index is 2.09. The summed E-state index contributed by atoms with van der Waals surface area (Å²) in [5, 5.41) is 14.6. The normalized spacial score (nSPS) is 10.6. The minimum atomic E-state index is -0.644. The van der Waals surface area contributed by atoms with Crippen molar-refractivity contribution >= 4 is 29.4 Å². The van der Waals surface area contributed by atoms with Gasteiger partial charge < -0.3 is 0 Å². The monoisotopic (exact) mass is 317 g/mol. The first-order valence-electron chi connectivity index (χ1n) is 6.31. The zero-order chi connectivity index (χ0) is 16.1. The highest BCUT2D eigenvalue weighted by atomic mass is 35.5. The van der Waals surface area contributed by atoms with Crippen molar-refractivity contribution in [3.63, 3.8) is 0 Å². The van der Waals surface area contributed by atoms with Crippen LogP contribution in [0.15, 0.2) is 47.6 Å². The third-order valence-corrected chi connectivity index (χ3v) is 3.15. The predicted octanol–water partition coefficient (Wildman–Crippen LogP) is 3.32. The number of rotatable bonds is 4. The van der Waals surface area contributed by atoms with Crippen molar-refractivity contribution in [1.82, 2.24) is 5.43 Å². The number of carbonyl (C=O) groups excluding carboxylic acids is 1. The first-order chi connectivity index (χ1) is 10.5. The van der Waals surface area contributed by atoms with E-state index in [1.807, 2.05) is 31.2 Å². The van der Waals surface area contributed by atoms with Gasteiger partial charge in [-0.15, -0.1) is 0 Å². The van der Waals surface area contributed by atoms with Crippen LogP contribution in [0, 0.1) is 17.0 Å². The van der Waals surface area contributed by atoms with Crippen molar-refractivity contribution < 1.29 is 9.72 Å². The minimum Gasteiger partial charge on any atom is -0.267 e. The molecule has 1 amide bonds. The molecule has 7 heteroatoms. The molecule has 112 valence electrons. The van der Waals surface area contributed by atoms with Crippen LogP contribution in [0.25, 0.3) is 0 Å². The Kier molecular flexibility index (Phi) is 4.85. The number of carbonyl (C=O) groups is 1. The van der Waals surface area contributed by atoms with E-state index in [1.165, 1.54) is 18.3 Å². The van der Waals surface area contributed by atoms with Gasteiger partial charge in [-0.05, 0) is 24.6 Å². The standard InChI is InChI=1S/C15H12ClN3O3/c1-10-3-2-4-11(7-10)9-17-18-15(20)12-5-6-13(16)14(8-12)19(21)22/h2-9H,1H3,(H,18,20)/b17-9-. The quantitative estimate of drug-likeness (QED) is 0.533. The van der Waals surface area contributed by atoms with Gasteiger partial charge in [-0.25, -0.2) is 5.43 Å². The van der Waals surface area contributed by atoms with E-state index < -0.39 is 10.8 Å².